The zero-order valence-electron chi connectivity index (χ0n) is 9.04. The molecule has 0 atom stereocenters. The fourth-order valence-electron chi connectivity index (χ4n) is 0.641. The highest BCUT2D eigenvalue weighted by Crippen LogP contribution is 2.59. The molecular weight excluding hydrogens is 293 g/mol. The number of allylic oxidation sites excluding steroid dienone is 3. The zero-order valence-corrected chi connectivity index (χ0v) is 12.2. The minimum absolute atomic E-state index is 0.255. The van der Waals surface area contributed by atoms with E-state index in [0.717, 1.165) is 16.6 Å². The first-order chi connectivity index (χ1) is 7.39. The fraction of sp³-hybridized carbons (Fsp3) is 0.333. The molecule has 0 aliphatic carbocycles. The monoisotopic (exact) mass is 304 g/mol. The average Bonchev–Trinajstić information content (AvgIpc) is 2.27. The lowest BCUT2D eigenvalue weighted by atomic mass is 10.7. The fourth-order valence-corrected chi connectivity index (χ4v) is 2.52. The van der Waals surface area contributed by atoms with Crippen molar-refractivity contribution in [3.05, 3.63) is 33.4 Å². The van der Waals surface area contributed by atoms with Gasteiger partial charge in [-0.2, -0.15) is 0 Å². The molecule has 0 amide bonds. The van der Waals surface area contributed by atoms with Gasteiger partial charge < -0.3 is 9.05 Å². The Morgan fingerprint density at radius 2 is 1.31 bits per heavy atom. The largest absolute Gasteiger partial charge is 0.458 e. The Kier molecular flexibility index (Phi) is 7.25. The van der Waals surface area contributed by atoms with Gasteiger partial charge in [0.05, 0.1) is 5.31 Å². The van der Waals surface area contributed by atoms with Crippen molar-refractivity contribution in [3.63, 3.8) is 0 Å². The molecule has 0 spiro atoms. The maximum atomic E-state index is 12.3. The van der Waals surface area contributed by atoms with Crippen LogP contribution in [0.15, 0.2) is 33.4 Å². The van der Waals surface area contributed by atoms with Crippen LogP contribution in [0.3, 0.4) is 0 Å². The summed E-state index contributed by atoms with van der Waals surface area (Å²) >= 11 is 16.3. The van der Waals surface area contributed by atoms with Gasteiger partial charge in [0, 0.05) is 16.6 Å². The molecule has 0 aliphatic heterocycles. The van der Waals surface area contributed by atoms with Crippen LogP contribution in [0.2, 0.25) is 0 Å². The van der Waals surface area contributed by atoms with Crippen molar-refractivity contribution in [1.29, 1.82) is 0 Å². The van der Waals surface area contributed by atoms with E-state index in [1.165, 1.54) is 6.92 Å². The summed E-state index contributed by atoms with van der Waals surface area (Å²) in [5.41, 5.74) is 3.43. The van der Waals surface area contributed by atoms with Gasteiger partial charge in [-0.1, -0.05) is 34.8 Å². The normalized spacial score (nSPS) is 18.0. The standard InChI is InChI=1S/C9H12Cl3O3P/c1-7(4-10)14-16(13,9(3)6-12)15-8(2)5-11/h4-6H,1-3H3. The highest BCUT2D eigenvalue weighted by atomic mass is 35.5. The summed E-state index contributed by atoms with van der Waals surface area (Å²) in [5.74, 6) is 0.510. The van der Waals surface area contributed by atoms with Crippen molar-refractivity contribution in [1.82, 2.24) is 0 Å². The lowest BCUT2D eigenvalue weighted by Gasteiger charge is -2.20. The zero-order chi connectivity index (χ0) is 12.8. The highest BCUT2D eigenvalue weighted by Gasteiger charge is 2.30. The molecule has 0 unspecified atom stereocenters. The van der Waals surface area contributed by atoms with E-state index >= 15 is 0 Å². The van der Waals surface area contributed by atoms with Crippen LogP contribution in [0.1, 0.15) is 20.8 Å². The predicted molar refractivity (Wildman–Crippen MR) is 68.6 cm³/mol. The van der Waals surface area contributed by atoms with Crippen LogP contribution >= 0.6 is 42.4 Å². The highest BCUT2D eigenvalue weighted by molar-refractivity contribution is 7.58. The van der Waals surface area contributed by atoms with Crippen LogP contribution in [0.5, 0.6) is 0 Å². The average molecular weight is 306 g/mol. The van der Waals surface area contributed by atoms with Crippen LogP contribution in [0, 0.1) is 0 Å². The molecule has 0 radical (unpaired) electrons. The van der Waals surface area contributed by atoms with Crippen molar-refractivity contribution < 1.29 is 13.6 Å². The molecule has 0 aliphatic rings. The van der Waals surface area contributed by atoms with E-state index in [2.05, 4.69) is 0 Å². The Morgan fingerprint density at radius 1 is 0.938 bits per heavy atom. The molecule has 7 heteroatoms. The van der Waals surface area contributed by atoms with Crippen molar-refractivity contribution in [2.24, 2.45) is 0 Å². The van der Waals surface area contributed by atoms with Crippen molar-refractivity contribution in [3.8, 4) is 0 Å². The van der Waals surface area contributed by atoms with E-state index < -0.39 is 7.60 Å². The van der Waals surface area contributed by atoms with Gasteiger partial charge in [0.1, 0.15) is 11.5 Å². The second kappa shape index (κ2) is 7.29. The Bertz CT molecular complexity index is 350. The molecule has 0 N–H and O–H groups in total. The van der Waals surface area contributed by atoms with E-state index in [9.17, 15) is 4.57 Å². The summed E-state index contributed by atoms with van der Waals surface area (Å²) in [6, 6.07) is 0. The van der Waals surface area contributed by atoms with Crippen molar-refractivity contribution >= 4 is 42.4 Å². The lowest BCUT2D eigenvalue weighted by Crippen LogP contribution is -1.94. The molecule has 0 rings (SSSR count). The molecular formula is C9H12Cl3O3P. The minimum Gasteiger partial charge on any atom is -0.417 e. The summed E-state index contributed by atoms with van der Waals surface area (Å²) < 4.78 is 22.5. The maximum Gasteiger partial charge on any atom is 0.458 e. The molecule has 3 nitrogen and oxygen atoms in total. The first kappa shape index (κ1) is 15.9. The van der Waals surface area contributed by atoms with E-state index in [0.29, 0.717) is 0 Å². The van der Waals surface area contributed by atoms with Gasteiger partial charge in [0.25, 0.3) is 0 Å². The summed E-state index contributed by atoms with van der Waals surface area (Å²) in [7, 11) is -3.53. The van der Waals surface area contributed by atoms with Gasteiger partial charge in [-0.25, -0.2) is 4.57 Å². The van der Waals surface area contributed by atoms with E-state index in [4.69, 9.17) is 43.9 Å². The molecule has 0 saturated heterocycles. The van der Waals surface area contributed by atoms with Gasteiger partial charge in [-0.15, -0.1) is 0 Å². The van der Waals surface area contributed by atoms with Gasteiger partial charge in [-0.05, 0) is 20.8 Å². The smallest absolute Gasteiger partial charge is 0.417 e. The number of halogens is 3. The first-order valence-corrected chi connectivity index (χ1v) is 7.05. The second-order valence-corrected chi connectivity index (χ2v) is 5.59. The molecule has 0 aromatic rings. The lowest BCUT2D eigenvalue weighted by molar-refractivity contribution is 0.298. The molecule has 0 saturated carbocycles. The summed E-state index contributed by atoms with van der Waals surface area (Å²) in [6.07, 6.45) is 0. The third-order valence-electron chi connectivity index (χ3n) is 1.43. The molecule has 0 aromatic carbocycles. The second-order valence-electron chi connectivity index (χ2n) is 2.87. The van der Waals surface area contributed by atoms with E-state index in [-0.39, 0.29) is 16.8 Å². The first-order valence-electron chi connectivity index (χ1n) is 4.20. The summed E-state index contributed by atoms with van der Waals surface area (Å²) in [5, 5.41) is 0.255. The van der Waals surface area contributed by atoms with Gasteiger partial charge in [0.2, 0.25) is 0 Å². The molecule has 16 heavy (non-hydrogen) atoms. The Hall–Kier alpha value is -0.0800. The van der Waals surface area contributed by atoms with Gasteiger partial charge >= 0.3 is 7.60 Å². The third-order valence-corrected chi connectivity index (χ3v) is 4.57. The van der Waals surface area contributed by atoms with Crippen LogP contribution in [-0.2, 0) is 13.6 Å². The molecule has 0 fully saturated rings. The van der Waals surface area contributed by atoms with Gasteiger partial charge in [-0.3, -0.25) is 0 Å². The summed E-state index contributed by atoms with van der Waals surface area (Å²) in [4.78, 5) is 0. The van der Waals surface area contributed by atoms with Crippen molar-refractivity contribution in [2.75, 3.05) is 0 Å². The van der Waals surface area contributed by atoms with Crippen LogP contribution < -0.4 is 0 Å². The Morgan fingerprint density at radius 3 is 1.56 bits per heavy atom. The SMILES string of the molecule is CC(=CCl)OP(=O)(OC(C)=CCl)C(C)=CCl. The molecule has 0 aromatic heterocycles. The minimum atomic E-state index is -3.53. The van der Waals surface area contributed by atoms with Crippen LogP contribution in [0.4, 0.5) is 0 Å². The quantitative estimate of drug-likeness (QED) is 0.496. The summed E-state index contributed by atoms with van der Waals surface area (Å²) in [6.45, 7) is 4.62. The molecule has 0 heterocycles. The maximum absolute atomic E-state index is 12.3. The van der Waals surface area contributed by atoms with Crippen LogP contribution in [0.25, 0.3) is 0 Å². The topological polar surface area (TPSA) is 35.5 Å². The van der Waals surface area contributed by atoms with Crippen molar-refractivity contribution in [2.45, 2.75) is 20.8 Å². The van der Waals surface area contributed by atoms with E-state index in [1.807, 2.05) is 0 Å². The van der Waals surface area contributed by atoms with Gasteiger partial charge in [0.15, 0.2) is 0 Å². The predicted octanol–water partition coefficient (Wildman–Crippen LogP) is 5.51. The van der Waals surface area contributed by atoms with E-state index in [1.54, 1.807) is 13.8 Å². The number of rotatable bonds is 5. The molecule has 92 valence electrons. The number of hydrogen-bond acceptors (Lipinski definition) is 3. The number of hydrogen-bond donors (Lipinski definition) is 0. The third kappa shape index (κ3) is 4.84. The van der Waals surface area contributed by atoms with Crippen LogP contribution in [-0.4, -0.2) is 0 Å². The Labute approximate surface area is 110 Å². The Balaban J connectivity index is 5.14. The molecule has 0 bridgehead atoms.